The molecule has 0 amide bonds. The first-order chi connectivity index (χ1) is 7.78. The van der Waals surface area contributed by atoms with Crippen molar-refractivity contribution in [2.75, 3.05) is 0 Å². The Balaban J connectivity index is 2.20. The van der Waals surface area contributed by atoms with Crippen LogP contribution in [0.1, 0.15) is 16.7 Å². The first kappa shape index (κ1) is 10.7. The first-order valence-electron chi connectivity index (χ1n) is 5.34. The Kier molecular flexibility index (Phi) is 3.22. The number of hydrogen-bond donors (Lipinski definition) is 2. The van der Waals surface area contributed by atoms with Crippen molar-refractivity contribution in [1.82, 2.24) is 0 Å². The molecular formula is C14H15NO. The Morgan fingerprint density at radius 3 is 2.19 bits per heavy atom. The molecule has 0 spiro atoms. The van der Waals surface area contributed by atoms with E-state index < -0.39 is 0 Å². The quantitative estimate of drug-likeness (QED) is 0.822. The van der Waals surface area contributed by atoms with Gasteiger partial charge in [0.2, 0.25) is 0 Å². The molecular weight excluding hydrogens is 198 g/mol. The fourth-order valence-corrected chi connectivity index (χ4v) is 1.77. The minimum absolute atomic E-state index is 0.312. The molecule has 0 heterocycles. The number of benzene rings is 2. The van der Waals surface area contributed by atoms with Gasteiger partial charge in [0.15, 0.2) is 0 Å². The normalized spacial score (nSPS) is 10.3. The summed E-state index contributed by atoms with van der Waals surface area (Å²) < 4.78 is 0. The van der Waals surface area contributed by atoms with Gasteiger partial charge in [-0.25, -0.2) is 0 Å². The average molecular weight is 213 g/mol. The Morgan fingerprint density at radius 1 is 0.875 bits per heavy atom. The molecule has 0 saturated carbocycles. The standard InChI is InChI=1S/C14H15NO/c15-10-13-5-1-3-11(8-13)7-12-4-2-6-14(16)9-12/h1-6,8-9,16H,7,10,15H2. The summed E-state index contributed by atoms with van der Waals surface area (Å²) in [7, 11) is 0. The summed E-state index contributed by atoms with van der Waals surface area (Å²) in [5, 5.41) is 9.37. The van der Waals surface area contributed by atoms with E-state index in [1.807, 2.05) is 24.3 Å². The molecule has 16 heavy (non-hydrogen) atoms. The summed E-state index contributed by atoms with van der Waals surface area (Å²) in [6.07, 6.45) is 0.822. The zero-order chi connectivity index (χ0) is 11.4. The summed E-state index contributed by atoms with van der Waals surface area (Å²) >= 11 is 0. The van der Waals surface area contributed by atoms with Crippen molar-refractivity contribution in [2.24, 2.45) is 5.73 Å². The van der Waals surface area contributed by atoms with E-state index in [9.17, 15) is 5.11 Å². The molecule has 0 saturated heterocycles. The van der Waals surface area contributed by atoms with E-state index in [0.29, 0.717) is 12.3 Å². The van der Waals surface area contributed by atoms with Gasteiger partial charge in [-0.1, -0.05) is 36.4 Å². The largest absolute Gasteiger partial charge is 0.508 e. The van der Waals surface area contributed by atoms with Crippen LogP contribution in [0.25, 0.3) is 0 Å². The zero-order valence-electron chi connectivity index (χ0n) is 9.06. The van der Waals surface area contributed by atoms with Crippen molar-refractivity contribution in [3.05, 3.63) is 65.2 Å². The van der Waals surface area contributed by atoms with Gasteiger partial charge < -0.3 is 10.8 Å². The molecule has 2 aromatic carbocycles. The number of rotatable bonds is 3. The molecule has 0 aliphatic rings. The third-order valence-electron chi connectivity index (χ3n) is 2.55. The molecule has 2 rings (SSSR count). The van der Waals surface area contributed by atoms with Gasteiger partial charge in [-0.3, -0.25) is 0 Å². The number of hydrogen-bond acceptors (Lipinski definition) is 2. The van der Waals surface area contributed by atoms with Gasteiger partial charge in [-0.05, 0) is 35.2 Å². The van der Waals surface area contributed by atoms with E-state index in [-0.39, 0.29) is 0 Å². The molecule has 2 heteroatoms. The number of aromatic hydroxyl groups is 1. The van der Waals surface area contributed by atoms with Crippen LogP contribution in [0.15, 0.2) is 48.5 Å². The summed E-state index contributed by atoms with van der Waals surface area (Å²) in [5.41, 5.74) is 9.05. The lowest BCUT2D eigenvalue weighted by Crippen LogP contribution is -1.97. The van der Waals surface area contributed by atoms with Crippen molar-refractivity contribution >= 4 is 0 Å². The van der Waals surface area contributed by atoms with Crippen LogP contribution in [0.3, 0.4) is 0 Å². The molecule has 0 radical (unpaired) electrons. The second kappa shape index (κ2) is 4.81. The lowest BCUT2D eigenvalue weighted by molar-refractivity contribution is 0.474. The number of phenols is 1. The minimum Gasteiger partial charge on any atom is -0.508 e. The predicted molar refractivity (Wildman–Crippen MR) is 65.2 cm³/mol. The molecule has 2 aromatic rings. The average Bonchev–Trinajstić information content (AvgIpc) is 2.29. The smallest absolute Gasteiger partial charge is 0.115 e. The number of nitrogens with two attached hydrogens (primary N) is 1. The van der Waals surface area contributed by atoms with Crippen LogP contribution in [0, 0.1) is 0 Å². The van der Waals surface area contributed by atoms with Gasteiger partial charge >= 0.3 is 0 Å². The number of phenolic OH excluding ortho intramolecular Hbond substituents is 1. The van der Waals surface area contributed by atoms with E-state index in [1.165, 1.54) is 5.56 Å². The van der Waals surface area contributed by atoms with E-state index in [2.05, 4.69) is 12.1 Å². The SMILES string of the molecule is NCc1cccc(Cc2cccc(O)c2)c1. The molecule has 0 atom stereocenters. The summed E-state index contributed by atoms with van der Waals surface area (Å²) in [4.78, 5) is 0. The first-order valence-corrected chi connectivity index (χ1v) is 5.34. The van der Waals surface area contributed by atoms with Gasteiger partial charge in [-0.15, -0.1) is 0 Å². The Labute approximate surface area is 95.4 Å². The van der Waals surface area contributed by atoms with Gasteiger partial charge in [0.05, 0.1) is 0 Å². The van der Waals surface area contributed by atoms with E-state index in [0.717, 1.165) is 17.5 Å². The molecule has 0 fully saturated rings. The second-order valence-corrected chi connectivity index (χ2v) is 3.87. The third kappa shape index (κ3) is 2.61. The van der Waals surface area contributed by atoms with Crippen LogP contribution in [0.2, 0.25) is 0 Å². The third-order valence-corrected chi connectivity index (χ3v) is 2.55. The van der Waals surface area contributed by atoms with Gasteiger partial charge in [0.25, 0.3) is 0 Å². The lowest BCUT2D eigenvalue weighted by atomic mass is 10.0. The Bertz CT molecular complexity index is 480. The zero-order valence-corrected chi connectivity index (χ0v) is 9.06. The monoisotopic (exact) mass is 213 g/mol. The lowest BCUT2D eigenvalue weighted by Gasteiger charge is -2.04. The van der Waals surface area contributed by atoms with Gasteiger partial charge in [0.1, 0.15) is 5.75 Å². The van der Waals surface area contributed by atoms with Crippen molar-refractivity contribution < 1.29 is 5.11 Å². The highest BCUT2D eigenvalue weighted by Crippen LogP contribution is 2.15. The van der Waals surface area contributed by atoms with E-state index in [4.69, 9.17) is 5.73 Å². The van der Waals surface area contributed by atoms with Crippen molar-refractivity contribution in [3.8, 4) is 5.75 Å². The summed E-state index contributed by atoms with van der Waals surface area (Å²) in [6, 6.07) is 15.5. The predicted octanol–water partition coefficient (Wildman–Crippen LogP) is 2.44. The maximum Gasteiger partial charge on any atom is 0.115 e. The van der Waals surface area contributed by atoms with Crippen LogP contribution in [-0.4, -0.2) is 5.11 Å². The fourth-order valence-electron chi connectivity index (χ4n) is 1.77. The molecule has 0 aliphatic heterocycles. The molecule has 0 aromatic heterocycles. The van der Waals surface area contributed by atoms with Crippen LogP contribution in [0.5, 0.6) is 5.75 Å². The van der Waals surface area contributed by atoms with Crippen molar-refractivity contribution in [2.45, 2.75) is 13.0 Å². The second-order valence-electron chi connectivity index (χ2n) is 3.87. The maximum absolute atomic E-state index is 9.37. The highest BCUT2D eigenvalue weighted by Gasteiger charge is 1.98. The molecule has 3 N–H and O–H groups in total. The van der Waals surface area contributed by atoms with Crippen LogP contribution in [-0.2, 0) is 13.0 Å². The van der Waals surface area contributed by atoms with E-state index in [1.54, 1.807) is 12.1 Å². The Morgan fingerprint density at radius 2 is 1.50 bits per heavy atom. The van der Waals surface area contributed by atoms with Crippen LogP contribution in [0.4, 0.5) is 0 Å². The topological polar surface area (TPSA) is 46.2 Å². The fraction of sp³-hybridized carbons (Fsp3) is 0.143. The molecule has 0 bridgehead atoms. The van der Waals surface area contributed by atoms with Crippen LogP contribution >= 0.6 is 0 Å². The summed E-state index contributed by atoms with van der Waals surface area (Å²) in [5.74, 6) is 0.312. The highest BCUT2D eigenvalue weighted by molar-refractivity contribution is 5.33. The molecule has 2 nitrogen and oxygen atoms in total. The van der Waals surface area contributed by atoms with Gasteiger partial charge in [0, 0.05) is 6.54 Å². The van der Waals surface area contributed by atoms with E-state index >= 15 is 0 Å². The maximum atomic E-state index is 9.37. The molecule has 0 aliphatic carbocycles. The van der Waals surface area contributed by atoms with Crippen molar-refractivity contribution in [3.63, 3.8) is 0 Å². The molecule has 0 unspecified atom stereocenters. The van der Waals surface area contributed by atoms with Gasteiger partial charge in [-0.2, -0.15) is 0 Å². The highest BCUT2D eigenvalue weighted by atomic mass is 16.3. The minimum atomic E-state index is 0.312. The van der Waals surface area contributed by atoms with Crippen molar-refractivity contribution in [1.29, 1.82) is 0 Å². The van der Waals surface area contributed by atoms with Crippen LogP contribution < -0.4 is 5.73 Å². The Hall–Kier alpha value is -1.80. The molecule has 82 valence electrons. The summed E-state index contributed by atoms with van der Waals surface area (Å²) in [6.45, 7) is 0.563.